The second-order valence-corrected chi connectivity index (χ2v) is 3.87. The van der Waals surface area contributed by atoms with Crippen LogP contribution in [-0.2, 0) is 9.53 Å². The minimum Gasteiger partial charge on any atom is -0.394 e. The lowest BCUT2D eigenvalue weighted by Crippen LogP contribution is -2.35. The predicted octanol–water partition coefficient (Wildman–Crippen LogP) is 0.546. The van der Waals surface area contributed by atoms with E-state index in [1.807, 2.05) is 0 Å². The first-order valence-corrected chi connectivity index (χ1v) is 5.04. The molecule has 0 heterocycles. The van der Waals surface area contributed by atoms with Crippen molar-refractivity contribution < 1.29 is 14.6 Å². The van der Waals surface area contributed by atoms with Crippen molar-refractivity contribution in [2.45, 2.75) is 33.2 Å². The molecule has 1 atom stereocenters. The summed E-state index contributed by atoms with van der Waals surface area (Å²) in [4.78, 5) is 11.2. The summed E-state index contributed by atoms with van der Waals surface area (Å²) in [5.74, 6) is 0.421. The minimum atomic E-state index is -0.174. The molecule has 14 heavy (non-hydrogen) atoms. The monoisotopic (exact) mass is 203 g/mol. The maximum Gasteiger partial charge on any atom is 0.222 e. The molecule has 2 N–H and O–H groups in total. The standard InChI is InChI=1S/C10H21NO3/c1-8(2)7-14-5-4-10(13)11-9(3)6-12/h8-9,12H,4-7H2,1-3H3,(H,11,13). The molecule has 84 valence electrons. The molecule has 0 radical (unpaired) electrons. The molecule has 0 saturated heterocycles. The SMILES string of the molecule is CC(C)COCCC(=O)NC(C)CO. The predicted molar refractivity (Wildman–Crippen MR) is 55.0 cm³/mol. The molecule has 0 saturated carbocycles. The van der Waals surface area contributed by atoms with Crippen LogP contribution in [-0.4, -0.2) is 36.9 Å². The van der Waals surface area contributed by atoms with Gasteiger partial charge in [0.2, 0.25) is 5.91 Å². The number of aliphatic hydroxyl groups excluding tert-OH is 1. The molecular weight excluding hydrogens is 182 g/mol. The smallest absolute Gasteiger partial charge is 0.222 e. The lowest BCUT2D eigenvalue weighted by atomic mass is 10.2. The van der Waals surface area contributed by atoms with Gasteiger partial charge < -0.3 is 15.2 Å². The van der Waals surface area contributed by atoms with Crippen molar-refractivity contribution in [1.29, 1.82) is 0 Å². The molecule has 0 aliphatic heterocycles. The lowest BCUT2D eigenvalue weighted by molar-refractivity contribution is -0.123. The topological polar surface area (TPSA) is 58.6 Å². The summed E-state index contributed by atoms with van der Waals surface area (Å²) in [6, 6.07) is -0.174. The van der Waals surface area contributed by atoms with Crippen molar-refractivity contribution in [3.05, 3.63) is 0 Å². The van der Waals surface area contributed by atoms with Gasteiger partial charge in [-0.2, -0.15) is 0 Å². The van der Waals surface area contributed by atoms with Gasteiger partial charge in [0.15, 0.2) is 0 Å². The molecule has 0 fully saturated rings. The van der Waals surface area contributed by atoms with Crippen LogP contribution in [0.5, 0.6) is 0 Å². The van der Waals surface area contributed by atoms with Crippen LogP contribution in [0.15, 0.2) is 0 Å². The molecular formula is C10H21NO3. The van der Waals surface area contributed by atoms with Crippen molar-refractivity contribution in [1.82, 2.24) is 5.32 Å². The third-order valence-corrected chi connectivity index (χ3v) is 1.61. The first-order chi connectivity index (χ1) is 6.56. The van der Waals surface area contributed by atoms with Crippen LogP contribution in [0.4, 0.5) is 0 Å². The molecule has 0 bridgehead atoms. The highest BCUT2D eigenvalue weighted by Gasteiger charge is 2.05. The van der Waals surface area contributed by atoms with E-state index in [2.05, 4.69) is 19.2 Å². The van der Waals surface area contributed by atoms with Gasteiger partial charge in [-0.05, 0) is 12.8 Å². The van der Waals surface area contributed by atoms with Crippen molar-refractivity contribution in [3.8, 4) is 0 Å². The third kappa shape index (κ3) is 8.01. The van der Waals surface area contributed by atoms with Crippen LogP contribution in [0.1, 0.15) is 27.2 Å². The number of ether oxygens (including phenoxy) is 1. The Morgan fingerprint density at radius 3 is 2.57 bits per heavy atom. The average Bonchev–Trinajstić information content (AvgIpc) is 2.12. The molecule has 1 unspecified atom stereocenters. The number of amides is 1. The summed E-state index contributed by atoms with van der Waals surface area (Å²) in [6.07, 6.45) is 0.358. The summed E-state index contributed by atoms with van der Waals surface area (Å²) >= 11 is 0. The molecule has 4 nitrogen and oxygen atoms in total. The zero-order chi connectivity index (χ0) is 11.0. The van der Waals surface area contributed by atoms with Crippen LogP contribution in [0.3, 0.4) is 0 Å². The van der Waals surface area contributed by atoms with E-state index in [1.54, 1.807) is 6.92 Å². The van der Waals surface area contributed by atoms with E-state index in [0.29, 0.717) is 25.6 Å². The molecule has 0 spiro atoms. The Hall–Kier alpha value is -0.610. The first-order valence-electron chi connectivity index (χ1n) is 5.04. The Morgan fingerprint density at radius 1 is 1.43 bits per heavy atom. The van der Waals surface area contributed by atoms with Crippen LogP contribution in [0.2, 0.25) is 0 Å². The fraction of sp³-hybridized carbons (Fsp3) is 0.900. The number of carbonyl (C=O) groups excluding carboxylic acids is 1. The first kappa shape index (κ1) is 13.4. The number of carbonyl (C=O) groups is 1. The molecule has 0 rings (SSSR count). The van der Waals surface area contributed by atoms with Crippen molar-refractivity contribution >= 4 is 5.91 Å². The quantitative estimate of drug-likeness (QED) is 0.594. The van der Waals surface area contributed by atoms with E-state index in [4.69, 9.17) is 9.84 Å². The normalized spacial score (nSPS) is 12.9. The second-order valence-electron chi connectivity index (χ2n) is 3.87. The molecule has 0 aliphatic rings. The van der Waals surface area contributed by atoms with E-state index in [1.165, 1.54) is 0 Å². The Bertz CT molecular complexity index is 159. The lowest BCUT2D eigenvalue weighted by Gasteiger charge is -2.11. The average molecular weight is 203 g/mol. The van der Waals surface area contributed by atoms with E-state index in [-0.39, 0.29) is 18.6 Å². The Labute approximate surface area is 85.6 Å². The van der Waals surface area contributed by atoms with Crippen molar-refractivity contribution in [2.24, 2.45) is 5.92 Å². The largest absolute Gasteiger partial charge is 0.394 e. The Balaban J connectivity index is 3.36. The zero-order valence-electron chi connectivity index (χ0n) is 9.25. The maximum absolute atomic E-state index is 11.2. The van der Waals surface area contributed by atoms with Gasteiger partial charge in [0, 0.05) is 19.1 Å². The van der Waals surface area contributed by atoms with Crippen molar-refractivity contribution in [2.75, 3.05) is 19.8 Å². The van der Waals surface area contributed by atoms with E-state index < -0.39 is 0 Å². The van der Waals surface area contributed by atoms with E-state index in [0.717, 1.165) is 0 Å². The highest BCUT2D eigenvalue weighted by Crippen LogP contribution is 1.93. The van der Waals surface area contributed by atoms with Gasteiger partial charge in [0.05, 0.1) is 13.2 Å². The third-order valence-electron chi connectivity index (χ3n) is 1.61. The van der Waals surface area contributed by atoms with Crippen LogP contribution < -0.4 is 5.32 Å². The fourth-order valence-electron chi connectivity index (χ4n) is 0.877. The fourth-order valence-corrected chi connectivity index (χ4v) is 0.877. The number of nitrogens with one attached hydrogen (secondary N) is 1. The van der Waals surface area contributed by atoms with Crippen LogP contribution >= 0.6 is 0 Å². The Morgan fingerprint density at radius 2 is 2.07 bits per heavy atom. The Kier molecular flexibility index (Phi) is 7.42. The summed E-state index contributed by atoms with van der Waals surface area (Å²) in [7, 11) is 0. The van der Waals surface area contributed by atoms with Gasteiger partial charge in [0.1, 0.15) is 0 Å². The molecule has 0 aromatic carbocycles. The van der Waals surface area contributed by atoms with Crippen LogP contribution in [0, 0.1) is 5.92 Å². The summed E-state index contributed by atoms with van der Waals surface area (Å²) in [6.45, 7) is 6.98. The van der Waals surface area contributed by atoms with Gasteiger partial charge in [-0.1, -0.05) is 13.8 Å². The summed E-state index contributed by atoms with van der Waals surface area (Å²) in [5, 5.41) is 11.3. The van der Waals surface area contributed by atoms with E-state index >= 15 is 0 Å². The van der Waals surface area contributed by atoms with Gasteiger partial charge in [-0.25, -0.2) is 0 Å². The zero-order valence-corrected chi connectivity index (χ0v) is 9.25. The van der Waals surface area contributed by atoms with E-state index in [9.17, 15) is 4.79 Å². The highest BCUT2D eigenvalue weighted by molar-refractivity contribution is 5.76. The molecule has 0 aliphatic carbocycles. The number of hydrogen-bond donors (Lipinski definition) is 2. The van der Waals surface area contributed by atoms with Crippen LogP contribution in [0.25, 0.3) is 0 Å². The molecule has 4 heteroatoms. The maximum atomic E-state index is 11.2. The summed E-state index contributed by atoms with van der Waals surface area (Å²) in [5.41, 5.74) is 0. The summed E-state index contributed by atoms with van der Waals surface area (Å²) < 4.78 is 5.26. The van der Waals surface area contributed by atoms with Gasteiger partial charge in [-0.15, -0.1) is 0 Å². The molecule has 0 aromatic heterocycles. The van der Waals surface area contributed by atoms with Crippen molar-refractivity contribution in [3.63, 3.8) is 0 Å². The number of rotatable bonds is 7. The minimum absolute atomic E-state index is 0.0292. The molecule has 1 amide bonds. The highest BCUT2D eigenvalue weighted by atomic mass is 16.5. The van der Waals surface area contributed by atoms with Gasteiger partial charge in [-0.3, -0.25) is 4.79 Å². The number of hydrogen-bond acceptors (Lipinski definition) is 3. The second kappa shape index (κ2) is 7.76. The van der Waals surface area contributed by atoms with Gasteiger partial charge in [0.25, 0.3) is 0 Å². The van der Waals surface area contributed by atoms with Gasteiger partial charge >= 0.3 is 0 Å². The number of aliphatic hydroxyl groups is 1. The molecule has 0 aromatic rings.